The maximum Gasteiger partial charge on any atom is 0.0609 e. The summed E-state index contributed by atoms with van der Waals surface area (Å²) in [6, 6.07) is 5.50. The molecule has 1 N–H and O–H groups in total. The van der Waals surface area contributed by atoms with Crippen LogP contribution < -0.4 is 10.2 Å². The third kappa shape index (κ3) is 2.83. The molecular formula is C15H25N3. The average molecular weight is 247 g/mol. The summed E-state index contributed by atoms with van der Waals surface area (Å²) in [6.07, 6.45) is 2.49. The zero-order chi connectivity index (χ0) is 13.1. The minimum atomic E-state index is 0.543. The normalized spacial score (nSPS) is 24.3. The summed E-state index contributed by atoms with van der Waals surface area (Å²) in [7, 11) is 0. The van der Waals surface area contributed by atoms with Crippen LogP contribution in [0.5, 0.6) is 0 Å². The maximum absolute atomic E-state index is 4.59. The Kier molecular flexibility index (Phi) is 4.23. The van der Waals surface area contributed by atoms with E-state index in [1.54, 1.807) is 0 Å². The quantitative estimate of drug-likeness (QED) is 0.890. The Morgan fingerprint density at radius 1 is 1.39 bits per heavy atom. The Labute approximate surface area is 111 Å². The van der Waals surface area contributed by atoms with Gasteiger partial charge in [-0.1, -0.05) is 13.3 Å². The van der Waals surface area contributed by atoms with Gasteiger partial charge in [-0.15, -0.1) is 0 Å². The fraction of sp³-hybridized carbons (Fsp3) is 0.667. The number of pyridine rings is 1. The highest BCUT2D eigenvalue weighted by molar-refractivity contribution is 5.52. The fourth-order valence-corrected chi connectivity index (χ4v) is 2.79. The van der Waals surface area contributed by atoms with Crippen molar-refractivity contribution in [2.24, 2.45) is 0 Å². The van der Waals surface area contributed by atoms with E-state index in [0.29, 0.717) is 12.1 Å². The molecule has 3 heteroatoms. The predicted molar refractivity (Wildman–Crippen MR) is 77.2 cm³/mol. The molecule has 2 unspecified atom stereocenters. The van der Waals surface area contributed by atoms with Crippen molar-refractivity contribution in [2.75, 3.05) is 18.0 Å². The van der Waals surface area contributed by atoms with Crippen LogP contribution in [0.3, 0.4) is 0 Å². The largest absolute Gasteiger partial charge is 0.365 e. The lowest BCUT2D eigenvalue weighted by molar-refractivity contribution is 0.385. The molecule has 0 spiro atoms. The second-order valence-electron chi connectivity index (χ2n) is 5.45. The van der Waals surface area contributed by atoms with Crippen molar-refractivity contribution in [3.8, 4) is 0 Å². The van der Waals surface area contributed by atoms with E-state index in [0.717, 1.165) is 24.5 Å². The molecule has 0 saturated carbocycles. The van der Waals surface area contributed by atoms with Crippen molar-refractivity contribution in [1.29, 1.82) is 0 Å². The van der Waals surface area contributed by atoms with Crippen LogP contribution in [0, 0.1) is 13.8 Å². The molecule has 1 fully saturated rings. The van der Waals surface area contributed by atoms with E-state index in [4.69, 9.17) is 0 Å². The van der Waals surface area contributed by atoms with Crippen molar-refractivity contribution in [3.63, 3.8) is 0 Å². The zero-order valence-corrected chi connectivity index (χ0v) is 12.0. The van der Waals surface area contributed by atoms with Gasteiger partial charge in [-0.2, -0.15) is 0 Å². The lowest BCUT2D eigenvalue weighted by atomic mass is 10.0. The van der Waals surface area contributed by atoms with Gasteiger partial charge in [-0.05, 0) is 39.3 Å². The first kappa shape index (κ1) is 13.3. The molecule has 1 saturated heterocycles. The van der Waals surface area contributed by atoms with Crippen LogP contribution in [-0.4, -0.2) is 30.2 Å². The molecule has 1 aliphatic heterocycles. The molecule has 18 heavy (non-hydrogen) atoms. The number of anilines is 1. The number of nitrogens with one attached hydrogen (secondary N) is 1. The molecule has 0 amide bonds. The van der Waals surface area contributed by atoms with Gasteiger partial charge < -0.3 is 10.2 Å². The Hall–Kier alpha value is -1.09. The smallest absolute Gasteiger partial charge is 0.0609 e. The van der Waals surface area contributed by atoms with E-state index in [2.05, 4.69) is 55.0 Å². The molecule has 2 atom stereocenters. The second-order valence-corrected chi connectivity index (χ2v) is 5.45. The summed E-state index contributed by atoms with van der Waals surface area (Å²) < 4.78 is 0. The summed E-state index contributed by atoms with van der Waals surface area (Å²) in [5.41, 5.74) is 3.55. The van der Waals surface area contributed by atoms with Crippen LogP contribution in [0.2, 0.25) is 0 Å². The third-order valence-electron chi connectivity index (χ3n) is 3.79. The van der Waals surface area contributed by atoms with E-state index in [9.17, 15) is 0 Å². The highest BCUT2D eigenvalue weighted by Crippen LogP contribution is 2.23. The third-order valence-corrected chi connectivity index (χ3v) is 3.79. The first-order valence-electron chi connectivity index (χ1n) is 7.06. The number of nitrogens with zero attached hydrogens (tertiary/aromatic N) is 2. The molecule has 100 valence electrons. The number of piperazine rings is 1. The molecule has 0 aliphatic carbocycles. The van der Waals surface area contributed by atoms with E-state index in [-0.39, 0.29) is 0 Å². The van der Waals surface area contributed by atoms with Crippen molar-refractivity contribution in [1.82, 2.24) is 10.3 Å². The lowest BCUT2D eigenvalue weighted by Gasteiger charge is -2.41. The topological polar surface area (TPSA) is 28.2 Å². The van der Waals surface area contributed by atoms with Crippen LogP contribution in [0.4, 0.5) is 5.69 Å². The summed E-state index contributed by atoms with van der Waals surface area (Å²) in [5, 5.41) is 3.64. The Bertz CT molecular complexity index is 403. The molecule has 0 aromatic carbocycles. The van der Waals surface area contributed by atoms with Crippen molar-refractivity contribution >= 4 is 5.69 Å². The maximum atomic E-state index is 4.59. The highest BCUT2D eigenvalue weighted by atomic mass is 15.2. The van der Waals surface area contributed by atoms with Crippen LogP contribution >= 0.6 is 0 Å². The molecule has 2 rings (SSSR count). The van der Waals surface area contributed by atoms with E-state index in [1.807, 2.05) is 0 Å². The van der Waals surface area contributed by atoms with Gasteiger partial charge in [0.15, 0.2) is 0 Å². The molecule has 1 aromatic rings. The van der Waals surface area contributed by atoms with Gasteiger partial charge in [0.2, 0.25) is 0 Å². The Morgan fingerprint density at radius 3 is 2.83 bits per heavy atom. The van der Waals surface area contributed by atoms with Crippen molar-refractivity contribution in [2.45, 2.75) is 52.6 Å². The minimum Gasteiger partial charge on any atom is -0.365 e. The SMILES string of the molecule is CCCC1CN(c2ccc(C)nc2C)C(C)CN1. The number of rotatable bonds is 3. The van der Waals surface area contributed by atoms with Gasteiger partial charge in [0.25, 0.3) is 0 Å². The molecule has 0 radical (unpaired) electrons. The Balaban J connectivity index is 2.18. The van der Waals surface area contributed by atoms with Crippen LogP contribution in [0.1, 0.15) is 38.1 Å². The first-order valence-corrected chi connectivity index (χ1v) is 7.06. The predicted octanol–water partition coefficient (Wildman–Crippen LogP) is 2.67. The van der Waals surface area contributed by atoms with Gasteiger partial charge in [-0.25, -0.2) is 0 Å². The van der Waals surface area contributed by atoms with Gasteiger partial charge in [-0.3, -0.25) is 4.98 Å². The summed E-state index contributed by atoms with van der Waals surface area (Å²) in [5.74, 6) is 0. The standard InChI is InChI=1S/C15H25N3/c1-5-6-14-10-18(12(3)9-16-14)15-8-7-11(2)17-13(15)4/h7-8,12,14,16H,5-6,9-10H2,1-4H3. The zero-order valence-electron chi connectivity index (χ0n) is 12.0. The molecular weight excluding hydrogens is 222 g/mol. The monoisotopic (exact) mass is 247 g/mol. The van der Waals surface area contributed by atoms with Gasteiger partial charge in [0, 0.05) is 30.9 Å². The van der Waals surface area contributed by atoms with Gasteiger partial charge in [0.05, 0.1) is 11.4 Å². The molecule has 3 nitrogen and oxygen atoms in total. The van der Waals surface area contributed by atoms with E-state index >= 15 is 0 Å². The molecule has 1 aromatic heterocycles. The lowest BCUT2D eigenvalue weighted by Crippen LogP contribution is -2.55. The van der Waals surface area contributed by atoms with Crippen LogP contribution in [-0.2, 0) is 0 Å². The average Bonchev–Trinajstić information content (AvgIpc) is 2.33. The molecule has 0 bridgehead atoms. The summed E-state index contributed by atoms with van der Waals surface area (Å²) in [6.45, 7) is 10.9. The van der Waals surface area contributed by atoms with Crippen LogP contribution in [0.25, 0.3) is 0 Å². The fourth-order valence-electron chi connectivity index (χ4n) is 2.79. The number of hydrogen-bond donors (Lipinski definition) is 1. The van der Waals surface area contributed by atoms with Gasteiger partial charge in [0.1, 0.15) is 0 Å². The summed E-state index contributed by atoms with van der Waals surface area (Å²) in [4.78, 5) is 7.10. The van der Waals surface area contributed by atoms with E-state index in [1.165, 1.54) is 18.5 Å². The number of aryl methyl sites for hydroxylation is 2. The van der Waals surface area contributed by atoms with Crippen LogP contribution in [0.15, 0.2) is 12.1 Å². The van der Waals surface area contributed by atoms with E-state index < -0.39 is 0 Å². The molecule has 2 heterocycles. The van der Waals surface area contributed by atoms with Crippen molar-refractivity contribution in [3.05, 3.63) is 23.5 Å². The first-order chi connectivity index (χ1) is 8.61. The summed E-state index contributed by atoms with van der Waals surface area (Å²) >= 11 is 0. The second kappa shape index (κ2) is 5.70. The molecule has 1 aliphatic rings. The van der Waals surface area contributed by atoms with Gasteiger partial charge >= 0.3 is 0 Å². The minimum absolute atomic E-state index is 0.543. The highest BCUT2D eigenvalue weighted by Gasteiger charge is 2.25. The number of hydrogen-bond acceptors (Lipinski definition) is 3. The van der Waals surface area contributed by atoms with Crippen molar-refractivity contribution < 1.29 is 0 Å². The Morgan fingerprint density at radius 2 is 2.17 bits per heavy atom. The number of aromatic nitrogens is 1.